The van der Waals surface area contributed by atoms with E-state index in [2.05, 4.69) is 41.0 Å². The third kappa shape index (κ3) is 11.0. The van der Waals surface area contributed by atoms with Crippen molar-refractivity contribution in [2.45, 2.75) is 69.9 Å². The lowest BCUT2D eigenvalue weighted by atomic mass is 10.0. The second-order valence-corrected chi connectivity index (χ2v) is 17.6. The van der Waals surface area contributed by atoms with E-state index in [-0.39, 0.29) is 40.8 Å². The molecule has 4 N–H and O–H groups in total. The van der Waals surface area contributed by atoms with Crippen LogP contribution in [-0.4, -0.2) is 137 Å². The Balaban J connectivity index is 0.706. The van der Waals surface area contributed by atoms with Crippen LogP contribution in [0.2, 0.25) is 5.02 Å². The van der Waals surface area contributed by atoms with Crippen LogP contribution >= 0.6 is 11.6 Å². The Bertz CT molecular complexity index is 2580. The molecule has 5 heterocycles. The molecule has 8 rings (SSSR count). The smallest absolute Gasteiger partial charge is 0.264 e. The second-order valence-electron chi connectivity index (χ2n) is 17.2. The maximum Gasteiger partial charge on any atom is 0.264 e. The van der Waals surface area contributed by atoms with Gasteiger partial charge in [0.15, 0.2) is 0 Å². The van der Waals surface area contributed by atoms with Crippen LogP contribution in [0.5, 0.6) is 5.75 Å². The molecule has 0 radical (unpaired) electrons. The average molecular weight is 937 g/mol. The molecule has 6 amide bonds. The Morgan fingerprint density at radius 1 is 0.910 bits per heavy atom. The van der Waals surface area contributed by atoms with Crippen LogP contribution in [0, 0.1) is 5.82 Å². The Kier molecular flexibility index (Phi) is 15.0. The van der Waals surface area contributed by atoms with E-state index < -0.39 is 35.5 Å². The molecule has 0 bridgehead atoms. The largest absolute Gasteiger partial charge is 0.494 e. The topological polar surface area (TPSA) is 199 Å². The van der Waals surface area contributed by atoms with Crippen LogP contribution in [0.25, 0.3) is 10.9 Å². The summed E-state index contributed by atoms with van der Waals surface area (Å²) >= 11 is 5.97. The summed E-state index contributed by atoms with van der Waals surface area (Å²) < 4.78 is 19.3. The van der Waals surface area contributed by atoms with Gasteiger partial charge in [-0.1, -0.05) is 36.6 Å². The first-order valence-electron chi connectivity index (χ1n) is 22.8. The van der Waals surface area contributed by atoms with Gasteiger partial charge in [-0.2, -0.15) is 0 Å². The maximum atomic E-state index is 13.7. The fourth-order valence-corrected chi connectivity index (χ4v) is 9.43. The first-order valence-corrected chi connectivity index (χ1v) is 23.2. The van der Waals surface area contributed by atoms with Gasteiger partial charge < -0.3 is 25.6 Å². The van der Waals surface area contributed by atoms with Gasteiger partial charge in [-0.3, -0.25) is 48.8 Å². The highest BCUT2D eigenvalue weighted by Crippen LogP contribution is 2.35. The summed E-state index contributed by atoms with van der Waals surface area (Å²) in [4.78, 5) is 93.1. The maximum absolute atomic E-state index is 13.7. The summed E-state index contributed by atoms with van der Waals surface area (Å²) in [7, 11) is 1.52. The van der Waals surface area contributed by atoms with Crippen molar-refractivity contribution in [1.82, 2.24) is 34.9 Å². The number of imide groups is 2. The summed E-state index contributed by atoms with van der Waals surface area (Å²) in [6.07, 6.45) is 10.9. The number of hydrogen-bond acceptors (Lipinski definition) is 13. The lowest BCUT2D eigenvalue weighted by Gasteiger charge is -2.42. The molecule has 0 aliphatic carbocycles. The number of carbonyl (C=O) groups is 6. The van der Waals surface area contributed by atoms with Crippen molar-refractivity contribution in [2.75, 3.05) is 75.4 Å². The molecule has 0 spiro atoms. The SMILES string of the molecule is COc1cc2ncnc(Nc3ccc(F)c(Cl)c3)c2cc1NC(=O)/C=C/CN1CCC(N2CCN(C(=O)CCCCCCNc3cccc4c3C(=O)N(C3CCC(=O)NC3=O)C4=O)CC2)CC1. The molecule has 3 aromatic carbocycles. The average Bonchev–Trinajstić information content (AvgIpc) is 3.58. The molecule has 4 aliphatic rings. The molecule has 1 aromatic heterocycles. The van der Waals surface area contributed by atoms with Crippen LogP contribution in [0.4, 0.5) is 27.3 Å². The first kappa shape index (κ1) is 47.0. The van der Waals surface area contributed by atoms with Crippen LogP contribution in [0.1, 0.15) is 78.5 Å². The third-order valence-corrected chi connectivity index (χ3v) is 13.2. The Hall–Kier alpha value is -6.50. The first-order chi connectivity index (χ1) is 32.5. The highest BCUT2D eigenvalue weighted by Gasteiger charge is 2.45. The van der Waals surface area contributed by atoms with E-state index in [1.54, 1.807) is 36.4 Å². The van der Waals surface area contributed by atoms with Crippen molar-refractivity contribution in [1.29, 1.82) is 0 Å². The van der Waals surface area contributed by atoms with Gasteiger partial charge in [-0.05, 0) is 81.6 Å². The monoisotopic (exact) mass is 936 g/mol. The number of anilines is 4. The van der Waals surface area contributed by atoms with E-state index in [1.807, 2.05) is 11.0 Å². The minimum Gasteiger partial charge on any atom is -0.494 e. The number of unbranched alkanes of at least 4 members (excludes halogenated alkanes) is 3. The molecule has 352 valence electrons. The Morgan fingerprint density at radius 2 is 1.70 bits per heavy atom. The van der Waals surface area contributed by atoms with Gasteiger partial charge >= 0.3 is 0 Å². The predicted molar refractivity (Wildman–Crippen MR) is 251 cm³/mol. The van der Waals surface area contributed by atoms with Gasteiger partial charge in [0.25, 0.3) is 11.8 Å². The quantitative estimate of drug-likeness (QED) is 0.0569. The molecular formula is C48H54ClFN10O7. The van der Waals surface area contributed by atoms with Gasteiger partial charge in [0.2, 0.25) is 23.6 Å². The van der Waals surface area contributed by atoms with E-state index >= 15 is 0 Å². The fourth-order valence-electron chi connectivity index (χ4n) is 9.25. The summed E-state index contributed by atoms with van der Waals surface area (Å²) in [6.45, 7) is 6.20. The Labute approximate surface area is 392 Å². The number of halogens is 2. The highest BCUT2D eigenvalue weighted by atomic mass is 35.5. The number of benzene rings is 3. The number of ether oxygens (including phenoxy) is 1. The molecule has 4 aliphatic heterocycles. The number of rotatable bonds is 17. The van der Waals surface area contributed by atoms with Crippen molar-refractivity contribution < 1.29 is 37.9 Å². The molecule has 1 atom stereocenters. The molecule has 0 saturated carbocycles. The molecule has 1 unspecified atom stereocenters. The molecule has 4 aromatic rings. The zero-order chi connectivity index (χ0) is 47.0. The van der Waals surface area contributed by atoms with Crippen molar-refractivity contribution in [3.63, 3.8) is 0 Å². The third-order valence-electron chi connectivity index (χ3n) is 12.9. The summed E-state index contributed by atoms with van der Waals surface area (Å²) in [5, 5.41) is 12.2. The zero-order valence-electron chi connectivity index (χ0n) is 37.3. The molecule has 67 heavy (non-hydrogen) atoms. The van der Waals surface area contributed by atoms with Crippen LogP contribution < -0.4 is 26.0 Å². The lowest BCUT2D eigenvalue weighted by molar-refractivity contribution is -0.136. The number of hydrogen-bond donors (Lipinski definition) is 4. The Morgan fingerprint density at radius 3 is 2.46 bits per heavy atom. The number of amides is 6. The van der Waals surface area contributed by atoms with Gasteiger partial charge in [-0.15, -0.1) is 0 Å². The molecule has 3 saturated heterocycles. The van der Waals surface area contributed by atoms with Gasteiger partial charge in [0.05, 0.1) is 34.5 Å². The fraction of sp³-hybridized carbons (Fsp3) is 0.417. The van der Waals surface area contributed by atoms with Crippen molar-refractivity contribution >= 4 is 80.8 Å². The number of piperazine rings is 1. The molecule has 3 fully saturated rings. The summed E-state index contributed by atoms with van der Waals surface area (Å²) in [5.74, 6) is -1.87. The summed E-state index contributed by atoms with van der Waals surface area (Å²) in [5.41, 5.74) is 2.61. The number of methoxy groups -OCH3 is 1. The van der Waals surface area contributed by atoms with Crippen molar-refractivity contribution in [3.8, 4) is 5.75 Å². The second kappa shape index (κ2) is 21.4. The number of likely N-dealkylation sites (tertiary alicyclic amines) is 1. The number of piperidine rings is 2. The summed E-state index contributed by atoms with van der Waals surface area (Å²) in [6, 6.07) is 12.2. The number of carbonyl (C=O) groups excluding carboxylic acids is 6. The molecule has 17 nitrogen and oxygen atoms in total. The lowest BCUT2D eigenvalue weighted by Crippen LogP contribution is -2.54. The van der Waals surface area contributed by atoms with Crippen molar-refractivity contribution in [2.24, 2.45) is 0 Å². The van der Waals surface area contributed by atoms with Gasteiger partial charge in [0, 0.05) is 87.1 Å². The van der Waals surface area contributed by atoms with Crippen LogP contribution in [0.3, 0.4) is 0 Å². The normalized spacial score (nSPS) is 18.4. The molecule has 19 heteroatoms. The molecular weight excluding hydrogens is 883 g/mol. The minimum atomic E-state index is -1.01. The number of nitrogens with one attached hydrogen (secondary N) is 4. The standard InChI is InChI=1S/C48H54ClFN10O7/c1-67-40-28-37-33(45(53-29-52-37)54-30-12-13-35(50)34(49)26-30)27-38(40)55-41(61)10-7-19-57-20-16-31(17-21-57)58-22-24-59(25-23-58)43(63)11-4-2-3-5-18-51-36-9-6-8-32-44(36)48(66)60(47(32)65)39-14-15-42(62)56-46(39)64/h6-10,12-13,26-29,31,39,51H,2-5,11,14-25H2,1H3,(H,55,61)(H,52,53,54)(H,56,62,64)/b10-7+. The minimum absolute atomic E-state index is 0.0237. The van der Waals surface area contributed by atoms with E-state index in [4.69, 9.17) is 16.3 Å². The van der Waals surface area contributed by atoms with Crippen LogP contribution in [0.15, 0.2) is 67.0 Å². The van der Waals surface area contributed by atoms with E-state index in [0.717, 1.165) is 82.7 Å². The zero-order valence-corrected chi connectivity index (χ0v) is 38.1. The predicted octanol–water partition coefficient (Wildman–Crippen LogP) is 5.74. The van der Waals surface area contributed by atoms with E-state index in [0.29, 0.717) is 65.1 Å². The number of fused-ring (bicyclic) bond motifs is 2. The van der Waals surface area contributed by atoms with Crippen molar-refractivity contribution in [3.05, 3.63) is 89.0 Å². The van der Waals surface area contributed by atoms with E-state index in [9.17, 15) is 33.2 Å². The highest BCUT2D eigenvalue weighted by molar-refractivity contribution is 6.31. The number of nitrogens with zero attached hydrogens (tertiary/aromatic N) is 6. The number of aromatic nitrogens is 2. The van der Waals surface area contributed by atoms with E-state index in [1.165, 1.54) is 31.6 Å². The van der Waals surface area contributed by atoms with Gasteiger partial charge in [0.1, 0.15) is 29.8 Å². The van der Waals surface area contributed by atoms with Crippen LogP contribution in [-0.2, 0) is 19.2 Å². The van der Waals surface area contributed by atoms with Gasteiger partial charge in [-0.25, -0.2) is 14.4 Å².